The van der Waals surface area contributed by atoms with Gasteiger partial charge in [0.25, 0.3) is 0 Å². The molecule has 1 aromatic rings. The molecular weight excluding hydrogens is 224 g/mol. The average molecular weight is 250 g/mol. The average Bonchev–Trinajstić information content (AvgIpc) is 2.73. The highest BCUT2D eigenvalue weighted by Crippen LogP contribution is 2.36. The molecule has 0 atom stereocenters. The fourth-order valence-corrected chi connectivity index (χ4v) is 2.80. The van der Waals surface area contributed by atoms with Crippen molar-refractivity contribution in [3.8, 4) is 0 Å². The normalized spacial score (nSPS) is 20.1. The Balaban J connectivity index is 2.40. The van der Waals surface area contributed by atoms with E-state index in [9.17, 15) is 0 Å². The molecule has 0 amide bonds. The Morgan fingerprint density at radius 3 is 2.33 bits per heavy atom. The van der Waals surface area contributed by atoms with Gasteiger partial charge in [0, 0.05) is 17.9 Å². The van der Waals surface area contributed by atoms with Crippen LogP contribution in [0.3, 0.4) is 0 Å². The number of hydrogen-bond donors (Lipinski definition) is 1. The molecule has 0 aromatic carbocycles. The van der Waals surface area contributed by atoms with Crippen molar-refractivity contribution < 1.29 is 0 Å². The monoisotopic (exact) mass is 250 g/mol. The van der Waals surface area contributed by atoms with Crippen LogP contribution in [0.4, 0.5) is 0 Å². The minimum absolute atomic E-state index is 0.0257. The summed E-state index contributed by atoms with van der Waals surface area (Å²) in [4.78, 5) is 4.87. The molecule has 0 spiro atoms. The van der Waals surface area contributed by atoms with Crippen LogP contribution in [0.1, 0.15) is 58.6 Å². The lowest BCUT2D eigenvalue weighted by atomic mass is 9.76. The van der Waals surface area contributed by atoms with Crippen LogP contribution >= 0.6 is 0 Å². The van der Waals surface area contributed by atoms with Crippen molar-refractivity contribution in [3.63, 3.8) is 0 Å². The van der Waals surface area contributed by atoms with Crippen molar-refractivity contribution in [2.45, 2.75) is 57.8 Å². The van der Waals surface area contributed by atoms with Gasteiger partial charge in [-0.2, -0.15) is 5.10 Å². The van der Waals surface area contributed by atoms with Gasteiger partial charge in [-0.15, -0.1) is 0 Å². The van der Waals surface area contributed by atoms with Gasteiger partial charge in [-0.05, 0) is 32.4 Å². The van der Waals surface area contributed by atoms with E-state index < -0.39 is 0 Å². The van der Waals surface area contributed by atoms with Crippen molar-refractivity contribution >= 4 is 0 Å². The Labute approximate surface area is 110 Å². The molecule has 1 aromatic heterocycles. The molecule has 1 aliphatic rings. The fraction of sp³-hybridized carbons (Fsp3) is 0.857. The minimum Gasteiger partial charge on any atom is -0.317 e. The van der Waals surface area contributed by atoms with E-state index in [0.29, 0.717) is 0 Å². The third-order valence-corrected chi connectivity index (χ3v) is 4.15. The first-order chi connectivity index (χ1) is 8.39. The molecule has 2 heterocycles. The highest BCUT2D eigenvalue weighted by molar-refractivity contribution is 5.14. The quantitative estimate of drug-likeness (QED) is 0.874. The van der Waals surface area contributed by atoms with Crippen LogP contribution in [0.25, 0.3) is 0 Å². The lowest BCUT2D eigenvalue weighted by Crippen LogP contribution is -2.41. The number of aryl methyl sites for hydroxylation is 1. The van der Waals surface area contributed by atoms with Gasteiger partial charge in [-0.25, -0.2) is 4.98 Å². The van der Waals surface area contributed by atoms with E-state index in [4.69, 9.17) is 4.98 Å². The second-order valence-electron chi connectivity index (χ2n) is 6.52. The first-order valence-corrected chi connectivity index (χ1v) is 7.02. The topological polar surface area (TPSA) is 42.7 Å². The molecule has 4 nitrogen and oxygen atoms in total. The molecule has 4 heteroatoms. The molecule has 18 heavy (non-hydrogen) atoms. The summed E-state index contributed by atoms with van der Waals surface area (Å²) < 4.78 is 2.01. The standard InChI is InChI=1S/C14H26N4/c1-6-14(7-9-15-10-8-14)12-16-11(13(2,3)4)17-18(12)5/h15H,6-10H2,1-5H3. The van der Waals surface area contributed by atoms with Crippen LogP contribution in [0, 0.1) is 0 Å². The molecule has 1 aliphatic heterocycles. The van der Waals surface area contributed by atoms with Gasteiger partial charge in [0.15, 0.2) is 5.82 Å². The van der Waals surface area contributed by atoms with E-state index in [1.807, 2.05) is 11.7 Å². The smallest absolute Gasteiger partial charge is 0.156 e. The largest absolute Gasteiger partial charge is 0.317 e. The summed E-state index contributed by atoms with van der Waals surface area (Å²) in [5.74, 6) is 2.14. The first-order valence-electron chi connectivity index (χ1n) is 7.02. The van der Waals surface area contributed by atoms with Crippen LogP contribution in [-0.2, 0) is 17.9 Å². The zero-order chi connectivity index (χ0) is 13.4. The number of hydrogen-bond acceptors (Lipinski definition) is 3. The summed E-state index contributed by atoms with van der Waals surface area (Å²) >= 11 is 0. The molecule has 0 radical (unpaired) electrons. The second kappa shape index (κ2) is 4.65. The van der Waals surface area contributed by atoms with E-state index in [-0.39, 0.29) is 10.8 Å². The highest BCUT2D eigenvalue weighted by Gasteiger charge is 2.37. The third kappa shape index (κ3) is 2.30. The molecule has 1 saturated heterocycles. The number of piperidine rings is 1. The molecule has 2 rings (SSSR count). The van der Waals surface area contributed by atoms with Gasteiger partial charge < -0.3 is 5.32 Å². The van der Waals surface area contributed by atoms with Crippen LogP contribution in [0.5, 0.6) is 0 Å². The highest BCUT2D eigenvalue weighted by atomic mass is 15.3. The van der Waals surface area contributed by atoms with Gasteiger partial charge in [-0.3, -0.25) is 4.68 Å². The predicted octanol–water partition coefficient (Wildman–Crippen LogP) is 2.14. The van der Waals surface area contributed by atoms with Gasteiger partial charge in [0.2, 0.25) is 0 Å². The maximum atomic E-state index is 4.87. The van der Waals surface area contributed by atoms with Crippen LogP contribution in [0.2, 0.25) is 0 Å². The minimum atomic E-state index is 0.0257. The Hall–Kier alpha value is -0.900. The Bertz CT molecular complexity index is 408. The van der Waals surface area contributed by atoms with E-state index in [0.717, 1.165) is 25.3 Å². The first kappa shape index (κ1) is 13.5. The van der Waals surface area contributed by atoms with E-state index in [1.165, 1.54) is 18.7 Å². The van der Waals surface area contributed by atoms with Crippen molar-refractivity contribution in [1.82, 2.24) is 20.1 Å². The zero-order valence-electron chi connectivity index (χ0n) is 12.4. The summed E-state index contributed by atoms with van der Waals surface area (Å²) in [6, 6.07) is 0. The molecule has 0 aliphatic carbocycles. The maximum absolute atomic E-state index is 4.87. The summed E-state index contributed by atoms with van der Waals surface area (Å²) in [5, 5.41) is 8.08. The number of nitrogens with zero attached hydrogens (tertiary/aromatic N) is 3. The van der Waals surface area contributed by atoms with Gasteiger partial charge in [0.1, 0.15) is 5.82 Å². The molecular formula is C14H26N4. The Morgan fingerprint density at radius 2 is 1.89 bits per heavy atom. The van der Waals surface area contributed by atoms with Gasteiger partial charge in [0.05, 0.1) is 0 Å². The van der Waals surface area contributed by atoms with Crippen molar-refractivity contribution in [2.75, 3.05) is 13.1 Å². The number of rotatable bonds is 2. The zero-order valence-corrected chi connectivity index (χ0v) is 12.4. The van der Waals surface area contributed by atoms with E-state index in [2.05, 4.69) is 38.1 Å². The van der Waals surface area contributed by atoms with Crippen LogP contribution in [0.15, 0.2) is 0 Å². The van der Waals surface area contributed by atoms with Crippen LogP contribution in [-0.4, -0.2) is 27.9 Å². The van der Waals surface area contributed by atoms with Gasteiger partial charge >= 0.3 is 0 Å². The number of nitrogens with one attached hydrogen (secondary N) is 1. The maximum Gasteiger partial charge on any atom is 0.156 e. The summed E-state index contributed by atoms with van der Waals surface area (Å²) in [6.07, 6.45) is 3.48. The summed E-state index contributed by atoms with van der Waals surface area (Å²) in [7, 11) is 2.04. The summed E-state index contributed by atoms with van der Waals surface area (Å²) in [5.41, 5.74) is 0.244. The fourth-order valence-electron chi connectivity index (χ4n) is 2.80. The van der Waals surface area contributed by atoms with E-state index >= 15 is 0 Å². The third-order valence-electron chi connectivity index (χ3n) is 4.15. The predicted molar refractivity (Wildman–Crippen MR) is 73.8 cm³/mol. The van der Waals surface area contributed by atoms with Crippen molar-refractivity contribution in [2.24, 2.45) is 7.05 Å². The number of aromatic nitrogens is 3. The molecule has 102 valence electrons. The lowest BCUT2D eigenvalue weighted by Gasteiger charge is -2.35. The second-order valence-corrected chi connectivity index (χ2v) is 6.52. The van der Waals surface area contributed by atoms with E-state index in [1.54, 1.807) is 0 Å². The molecule has 0 unspecified atom stereocenters. The molecule has 1 fully saturated rings. The van der Waals surface area contributed by atoms with Crippen LogP contribution < -0.4 is 5.32 Å². The van der Waals surface area contributed by atoms with Crippen molar-refractivity contribution in [1.29, 1.82) is 0 Å². The SMILES string of the molecule is CCC1(c2nc(C(C)(C)C)nn2C)CCNCC1. The summed E-state index contributed by atoms with van der Waals surface area (Å²) in [6.45, 7) is 11.0. The molecule has 0 bridgehead atoms. The van der Waals surface area contributed by atoms with Crippen molar-refractivity contribution in [3.05, 3.63) is 11.6 Å². The Kier molecular flexibility index (Phi) is 3.49. The molecule has 0 saturated carbocycles. The van der Waals surface area contributed by atoms with Gasteiger partial charge in [-0.1, -0.05) is 27.7 Å². The molecule has 1 N–H and O–H groups in total. The lowest BCUT2D eigenvalue weighted by molar-refractivity contribution is 0.273. The Morgan fingerprint density at radius 1 is 1.28 bits per heavy atom.